The third-order valence-corrected chi connectivity index (χ3v) is 7.39. The van der Waals surface area contributed by atoms with Crippen LogP contribution in [0.3, 0.4) is 0 Å². The number of aromatic nitrogens is 2. The molecule has 1 aromatic carbocycles. The molecule has 3 saturated heterocycles. The molecule has 4 heterocycles. The summed E-state index contributed by atoms with van der Waals surface area (Å²) < 4.78 is 32.8. The molecule has 1 aromatic heterocycles. The van der Waals surface area contributed by atoms with Gasteiger partial charge in [-0.3, -0.25) is 0 Å². The maximum Gasteiger partial charge on any atom is 0.243 e. The van der Waals surface area contributed by atoms with E-state index in [1.54, 1.807) is 42.0 Å². The fraction of sp³-hybridized carbons (Fsp3) is 0.444. The van der Waals surface area contributed by atoms with Crippen molar-refractivity contribution < 1.29 is 13.2 Å². The molecule has 0 spiro atoms. The van der Waals surface area contributed by atoms with Gasteiger partial charge in [0.05, 0.1) is 12.0 Å². The Bertz CT molecular complexity index is 918. The van der Waals surface area contributed by atoms with Crippen LogP contribution in [-0.4, -0.2) is 55.0 Å². The highest BCUT2D eigenvalue weighted by Gasteiger charge is 2.51. The molecule has 3 fully saturated rings. The zero-order valence-electron chi connectivity index (χ0n) is 15.1. The van der Waals surface area contributed by atoms with E-state index in [-0.39, 0.29) is 12.1 Å². The molecular weight excluding hydrogens is 352 g/mol. The van der Waals surface area contributed by atoms with Crippen LogP contribution < -0.4 is 9.64 Å². The number of ether oxygens (including phenoxy) is 1. The zero-order chi connectivity index (χ0) is 18.5. The van der Waals surface area contributed by atoms with E-state index in [4.69, 9.17) is 4.74 Å². The second-order valence-corrected chi connectivity index (χ2v) is 8.71. The highest BCUT2D eigenvalue weighted by Crippen LogP contribution is 2.39. The second kappa shape index (κ2) is 6.21. The average Bonchev–Trinajstić information content (AvgIpc) is 2.63. The predicted octanol–water partition coefficient (Wildman–Crippen LogP) is 1.75. The molecule has 0 saturated carbocycles. The topological polar surface area (TPSA) is 75.6 Å². The molecule has 2 aromatic rings. The molecule has 3 aliphatic heterocycles. The van der Waals surface area contributed by atoms with E-state index in [0.29, 0.717) is 23.7 Å². The van der Waals surface area contributed by atoms with Crippen LogP contribution in [0.5, 0.6) is 5.75 Å². The van der Waals surface area contributed by atoms with E-state index in [1.807, 2.05) is 13.8 Å². The Morgan fingerprint density at radius 3 is 2.35 bits per heavy atom. The summed E-state index contributed by atoms with van der Waals surface area (Å²) in [6, 6.07) is 6.55. The van der Waals surface area contributed by atoms with Crippen LogP contribution in [-0.2, 0) is 10.0 Å². The number of fused-ring (bicyclic) bond motifs is 2. The van der Waals surface area contributed by atoms with Gasteiger partial charge in [-0.25, -0.2) is 18.4 Å². The van der Waals surface area contributed by atoms with E-state index in [2.05, 4.69) is 14.9 Å². The van der Waals surface area contributed by atoms with Crippen molar-refractivity contribution in [3.63, 3.8) is 0 Å². The summed E-state index contributed by atoms with van der Waals surface area (Å²) in [7, 11) is -1.93. The Labute approximate surface area is 153 Å². The number of sulfonamides is 1. The molecule has 0 amide bonds. The molecule has 138 valence electrons. The Morgan fingerprint density at radius 1 is 1.08 bits per heavy atom. The van der Waals surface area contributed by atoms with Gasteiger partial charge in [0.15, 0.2) is 0 Å². The molecule has 2 bridgehead atoms. The number of benzene rings is 1. The highest BCUT2D eigenvalue weighted by molar-refractivity contribution is 7.89. The van der Waals surface area contributed by atoms with Crippen molar-refractivity contribution in [3.8, 4) is 5.75 Å². The van der Waals surface area contributed by atoms with E-state index in [0.717, 1.165) is 23.5 Å². The minimum absolute atomic E-state index is 0.0180. The molecule has 3 aliphatic rings. The first-order valence-corrected chi connectivity index (χ1v) is 10.1. The largest absolute Gasteiger partial charge is 0.497 e. The number of methoxy groups -OCH3 is 1. The second-order valence-electron chi connectivity index (χ2n) is 6.87. The summed E-state index contributed by atoms with van der Waals surface area (Å²) in [6.45, 7) is 5.29. The molecule has 8 heteroatoms. The minimum atomic E-state index is -3.49. The van der Waals surface area contributed by atoms with Gasteiger partial charge in [0, 0.05) is 36.4 Å². The Balaban J connectivity index is 1.56. The summed E-state index contributed by atoms with van der Waals surface area (Å²) in [5.74, 6) is 1.56. The van der Waals surface area contributed by atoms with Crippen molar-refractivity contribution in [3.05, 3.63) is 41.9 Å². The van der Waals surface area contributed by atoms with E-state index >= 15 is 0 Å². The standard InChI is InChI=1S/C18H22N4O3S/c1-12-13(2)19-11-20-18(12)21-9-14-8-15(10-21)22(14)26(23,24)17-6-4-16(25-3)5-7-17/h4-7,11,14-15H,8-10H2,1-3H3. The fourth-order valence-electron chi connectivity index (χ4n) is 3.85. The van der Waals surface area contributed by atoms with E-state index < -0.39 is 10.0 Å². The third kappa shape index (κ3) is 2.64. The highest BCUT2D eigenvalue weighted by atomic mass is 32.2. The molecule has 0 N–H and O–H groups in total. The van der Waals surface area contributed by atoms with Crippen LogP contribution >= 0.6 is 0 Å². The van der Waals surface area contributed by atoms with Crippen molar-refractivity contribution >= 4 is 15.8 Å². The van der Waals surface area contributed by atoms with Gasteiger partial charge in [-0.1, -0.05) is 0 Å². The summed E-state index contributed by atoms with van der Waals surface area (Å²) in [4.78, 5) is 11.1. The van der Waals surface area contributed by atoms with Gasteiger partial charge in [0.2, 0.25) is 10.0 Å². The number of piperazine rings is 1. The lowest BCUT2D eigenvalue weighted by molar-refractivity contribution is 0.0873. The van der Waals surface area contributed by atoms with Gasteiger partial charge < -0.3 is 9.64 Å². The number of anilines is 1. The van der Waals surface area contributed by atoms with Crippen molar-refractivity contribution in [1.29, 1.82) is 0 Å². The monoisotopic (exact) mass is 374 g/mol. The first-order chi connectivity index (χ1) is 12.4. The molecule has 7 nitrogen and oxygen atoms in total. The van der Waals surface area contributed by atoms with Crippen LogP contribution in [0.4, 0.5) is 5.82 Å². The van der Waals surface area contributed by atoms with E-state index in [1.165, 1.54) is 0 Å². The van der Waals surface area contributed by atoms with Crippen LogP contribution in [0.2, 0.25) is 0 Å². The number of aryl methyl sites for hydroxylation is 1. The molecule has 5 rings (SSSR count). The predicted molar refractivity (Wildman–Crippen MR) is 97.9 cm³/mol. The molecule has 0 aliphatic carbocycles. The van der Waals surface area contributed by atoms with Crippen LogP contribution in [0, 0.1) is 13.8 Å². The lowest BCUT2D eigenvalue weighted by Crippen LogP contribution is -2.70. The van der Waals surface area contributed by atoms with Crippen molar-refractivity contribution in [1.82, 2.24) is 14.3 Å². The number of hydrogen-bond acceptors (Lipinski definition) is 6. The Morgan fingerprint density at radius 2 is 1.73 bits per heavy atom. The number of piperidine rings is 1. The summed E-state index contributed by atoms with van der Waals surface area (Å²) in [6.07, 6.45) is 2.47. The molecule has 2 unspecified atom stereocenters. The first kappa shape index (κ1) is 17.2. The Kier molecular flexibility index (Phi) is 4.11. The lowest BCUT2D eigenvalue weighted by atomic mass is 9.91. The molecule has 0 radical (unpaired) electrons. The summed E-state index contributed by atoms with van der Waals surface area (Å²) in [5, 5.41) is 0. The fourth-order valence-corrected chi connectivity index (χ4v) is 5.67. The molecule has 2 atom stereocenters. The normalized spacial score (nSPS) is 22.8. The smallest absolute Gasteiger partial charge is 0.243 e. The SMILES string of the molecule is COc1ccc(S(=O)(=O)N2C3CC2CN(c2ncnc(C)c2C)C3)cc1. The minimum Gasteiger partial charge on any atom is -0.497 e. The maximum atomic E-state index is 13.0. The maximum absolute atomic E-state index is 13.0. The number of nitrogens with zero attached hydrogens (tertiary/aromatic N) is 4. The van der Waals surface area contributed by atoms with Gasteiger partial charge in [-0.2, -0.15) is 4.31 Å². The zero-order valence-corrected chi connectivity index (χ0v) is 15.9. The first-order valence-electron chi connectivity index (χ1n) is 8.62. The Hall–Kier alpha value is -2.19. The van der Waals surface area contributed by atoms with Crippen LogP contribution in [0.1, 0.15) is 17.7 Å². The molecular formula is C18H22N4O3S. The van der Waals surface area contributed by atoms with Crippen molar-refractivity contribution in [2.45, 2.75) is 37.2 Å². The molecule has 26 heavy (non-hydrogen) atoms. The summed E-state index contributed by atoms with van der Waals surface area (Å²) >= 11 is 0. The van der Waals surface area contributed by atoms with Gasteiger partial charge in [0.25, 0.3) is 0 Å². The summed E-state index contributed by atoms with van der Waals surface area (Å²) in [5.41, 5.74) is 2.01. The number of hydrogen-bond donors (Lipinski definition) is 0. The lowest BCUT2D eigenvalue weighted by Gasteiger charge is -2.55. The average molecular weight is 374 g/mol. The van der Waals surface area contributed by atoms with Gasteiger partial charge in [-0.15, -0.1) is 0 Å². The van der Waals surface area contributed by atoms with E-state index in [9.17, 15) is 8.42 Å². The number of rotatable bonds is 4. The van der Waals surface area contributed by atoms with Gasteiger partial charge in [-0.05, 0) is 44.5 Å². The third-order valence-electron chi connectivity index (χ3n) is 5.37. The van der Waals surface area contributed by atoms with Gasteiger partial charge in [0.1, 0.15) is 17.9 Å². The van der Waals surface area contributed by atoms with Crippen LogP contribution in [0.25, 0.3) is 0 Å². The van der Waals surface area contributed by atoms with Gasteiger partial charge >= 0.3 is 0 Å². The van der Waals surface area contributed by atoms with Crippen molar-refractivity contribution in [2.24, 2.45) is 0 Å². The van der Waals surface area contributed by atoms with Crippen molar-refractivity contribution in [2.75, 3.05) is 25.1 Å². The van der Waals surface area contributed by atoms with Crippen LogP contribution in [0.15, 0.2) is 35.5 Å². The quantitative estimate of drug-likeness (QED) is 0.812.